The molecule has 0 saturated carbocycles. The first kappa shape index (κ1) is 18.3. The van der Waals surface area contributed by atoms with Gasteiger partial charge >= 0.3 is 0 Å². The molecular formula is C28H20N4. The predicted molar refractivity (Wildman–Crippen MR) is 134 cm³/mol. The zero-order chi connectivity index (χ0) is 21.5. The SMILES string of the molecule is C=Cc1ccc(-c2cc3cc4ccc(cc5nc(cc6nc(cc2[nH]3)C=C6)C=C5)[nH]4)cc1. The molecule has 0 atom stereocenters. The molecule has 32 heavy (non-hydrogen) atoms. The molecule has 0 saturated heterocycles. The molecule has 1 aromatic carbocycles. The van der Waals surface area contributed by atoms with Gasteiger partial charge in [-0.15, -0.1) is 0 Å². The first-order valence-electron chi connectivity index (χ1n) is 10.5. The van der Waals surface area contributed by atoms with E-state index in [0.29, 0.717) is 0 Å². The van der Waals surface area contributed by atoms with Crippen molar-refractivity contribution in [3.63, 3.8) is 0 Å². The molecular weight excluding hydrogens is 392 g/mol. The maximum absolute atomic E-state index is 4.77. The van der Waals surface area contributed by atoms with Crippen molar-refractivity contribution in [2.45, 2.75) is 0 Å². The van der Waals surface area contributed by atoms with Crippen molar-refractivity contribution in [2.75, 3.05) is 0 Å². The summed E-state index contributed by atoms with van der Waals surface area (Å²) in [6.07, 6.45) is 9.94. The molecule has 0 spiro atoms. The topological polar surface area (TPSA) is 57.4 Å². The van der Waals surface area contributed by atoms with Crippen LogP contribution in [-0.4, -0.2) is 19.9 Å². The fraction of sp³-hybridized carbons (Fsp3) is 0. The van der Waals surface area contributed by atoms with Gasteiger partial charge in [0.15, 0.2) is 0 Å². The number of nitrogens with zero attached hydrogens (tertiary/aromatic N) is 2. The molecule has 152 valence electrons. The van der Waals surface area contributed by atoms with Crippen LogP contribution in [-0.2, 0) is 0 Å². The average molecular weight is 412 g/mol. The fourth-order valence-electron chi connectivity index (χ4n) is 4.06. The molecule has 0 fully saturated rings. The number of aromatic nitrogens is 4. The van der Waals surface area contributed by atoms with Crippen molar-refractivity contribution < 1.29 is 0 Å². The Morgan fingerprint density at radius 1 is 0.594 bits per heavy atom. The first-order valence-corrected chi connectivity index (χ1v) is 10.5. The van der Waals surface area contributed by atoms with Crippen molar-refractivity contribution in [3.8, 4) is 11.1 Å². The van der Waals surface area contributed by atoms with Crippen LogP contribution in [0.4, 0.5) is 0 Å². The maximum Gasteiger partial charge on any atom is 0.0659 e. The van der Waals surface area contributed by atoms with Crippen LogP contribution in [0.5, 0.6) is 0 Å². The zero-order valence-electron chi connectivity index (χ0n) is 17.3. The van der Waals surface area contributed by atoms with Crippen LogP contribution in [0, 0.1) is 0 Å². The van der Waals surface area contributed by atoms with Crippen LogP contribution in [0.15, 0.2) is 73.3 Å². The molecule has 8 bridgehead atoms. The quantitative estimate of drug-likeness (QED) is 0.323. The van der Waals surface area contributed by atoms with Crippen LogP contribution in [0.25, 0.3) is 63.6 Å². The monoisotopic (exact) mass is 412 g/mol. The third-order valence-corrected chi connectivity index (χ3v) is 5.63. The Kier molecular flexibility index (Phi) is 4.22. The van der Waals surface area contributed by atoms with Gasteiger partial charge in [-0.25, -0.2) is 9.97 Å². The molecule has 2 N–H and O–H groups in total. The van der Waals surface area contributed by atoms with Gasteiger partial charge in [-0.1, -0.05) is 36.9 Å². The lowest BCUT2D eigenvalue weighted by atomic mass is 10.0. The van der Waals surface area contributed by atoms with Crippen molar-refractivity contribution in [1.29, 1.82) is 0 Å². The van der Waals surface area contributed by atoms with Gasteiger partial charge in [0.1, 0.15) is 0 Å². The van der Waals surface area contributed by atoms with E-state index in [0.717, 1.165) is 61.5 Å². The Morgan fingerprint density at radius 3 is 1.91 bits per heavy atom. The van der Waals surface area contributed by atoms with E-state index in [4.69, 9.17) is 4.98 Å². The summed E-state index contributed by atoms with van der Waals surface area (Å²) in [6.45, 7) is 3.85. The lowest BCUT2D eigenvalue weighted by Crippen LogP contribution is -1.79. The number of nitrogens with one attached hydrogen (secondary N) is 2. The van der Waals surface area contributed by atoms with Crippen molar-refractivity contribution >= 4 is 52.4 Å². The number of hydrogen-bond acceptors (Lipinski definition) is 2. The highest BCUT2D eigenvalue weighted by molar-refractivity contribution is 5.88. The Labute approximate surface area is 185 Å². The van der Waals surface area contributed by atoms with Gasteiger partial charge in [-0.2, -0.15) is 0 Å². The van der Waals surface area contributed by atoms with Crippen molar-refractivity contribution in [2.24, 2.45) is 0 Å². The third-order valence-electron chi connectivity index (χ3n) is 5.63. The van der Waals surface area contributed by atoms with Gasteiger partial charge < -0.3 is 9.97 Å². The minimum atomic E-state index is 0.894. The van der Waals surface area contributed by atoms with E-state index in [2.05, 4.69) is 76.1 Å². The smallest absolute Gasteiger partial charge is 0.0659 e. The Morgan fingerprint density at radius 2 is 1.22 bits per heavy atom. The second-order valence-corrected chi connectivity index (χ2v) is 7.91. The van der Waals surface area contributed by atoms with Gasteiger partial charge in [0.2, 0.25) is 0 Å². The highest BCUT2D eigenvalue weighted by Crippen LogP contribution is 2.28. The lowest BCUT2D eigenvalue weighted by Gasteiger charge is -2.00. The van der Waals surface area contributed by atoms with Crippen molar-refractivity contribution in [3.05, 3.63) is 102 Å². The zero-order valence-corrected chi connectivity index (χ0v) is 17.3. The highest BCUT2D eigenvalue weighted by atomic mass is 14.8. The van der Waals surface area contributed by atoms with Gasteiger partial charge in [0.05, 0.1) is 22.8 Å². The highest BCUT2D eigenvalue weighted by Gasteiger charge is 2.07. The molecule has 0 unspecified atom stereocenters. The van der Waals surface area contributed by atoms with E-state index in [9.17, 15) is 0 Å². The lowest BCUT2D eigenvalue weighted by molar-refractivity contribution is 1.28. The number of fused-ring (bicyclic) bond motifs is 8. The van der Waals surface area contributed by atoms with Crippen molar-refractivity contribution in [1.82, 2.24) is 19.9 Å². The number of benzene rings is 1. The largest absolute Gasteiger partial charge is 0.355 e. The Bertz CT molecular complexity index is 1580. The molecule has 6 rings (SSSR count). The molecule has 5 heterocycles. The normalized spacial score (nSPS) is 12.2. The molecule has 2 aliphatic rings. The standard InChI is InChI=1S/C28H20N4/c1-2-18-3-5-19(6-4-18)27-16-26-15-24-10-9-22(30-24)13-20-7-8-21(29-20)14-23-11-12-25(31-23)17-28(27)32-26/h2-17,30,32H,1H2. The van der Waals surface area contributed by atoms with Crippen LogP contribution in [0.2, 0.25) is 0 Å². The molecule has 4 aromatic rings. The number of rotatable bonds is 2. The Hall–Kier alpha value is -4.44. The van der Waals surface area contributed by atoms with E-state index >= 15 is 0 Å². The summed E-state index contributed by atoms with van der Waals surface area (Å²) in [5.74, 6) is 0. The van der Waals surface area contributed by atoms with E-state index in [-0.39, 0.29) is 0 Å². The fourth-order valence-corrected chi connectivity index (χ4v) is 4.06. The molecule has 0 amide bonds. The van der Waals surface area contributed by atoms with E-state index in [1.807, 2.05) is 42.5 Å². The Balaban J connectivity index is 1.65. The minimum Gasteiger partial charge on any atom is -0.355 e. The molecule has 4 heteroatoms. The van der Waals surface area contributed by atoms with Crippen LogP contribution in [0.1, 0.15) is 28.3 Å². The second kappa shape index (κ2) is 7.36. The second-order valence-electron chi connectivity index (χ2n) is 7.91. The van der Waals surface area contributed by atoms with E-state index < -0.39 is 0 Å². The molecule has 3 aromatic heterocycles. The number of hydrogen-bond donors (Lipinski definition) is 2. The van der Waals surface area contributed by atoms with E-state index in [1.54, 1.807) is 0 Å². The van der Waals surface area contributed by atoms with Gasteiger partial charge in [0.25, 0.3) is 0 Å². The summed E-state index contributed by atoms with van der Waals surface area (Å²) in [4.78, 5) is 16.5. The summed E-state index contributed by atoms with van der Waals surface area (Å²) < 4.78 is 0. The average Bonchev–Trinajstić information content (AvgIpc) is 3.59. The molecule has 0 radical (unpaired) electrons. The summed E-state index contributed by atoms with van der Waals surface area (Å²) in [5, 5.41) is 0. The summed E-state index contributed by atoms with van der Waals surface area (Å²) in [5.41, 5.74) is 11.1. The third kappa shape index (κ3) is 3.48. The van der Waals surface area contributed by atoms with E-state index in [1.165, 1.54) is 0 Å². The van der Waals surface area contributed by atoms with Crippen LogP contribution in [0.3, 0.4) is 0 Å². The van der Waals surface area contributed by atoms with Gasteiger partial charge in [0, 0.05) is 27.6 Å². The van der Waals surface area contributed by atoms with Crippen LogP contribution < -0.4 is 0 Å². The summed E-state index contributed by atoms with van der Waals surface area (Å²) >= 11 is 0. The minimum absolute atomic E-state index is 0.894. The molecule has 2 aliphatic heterocycles. The maximum atomic E-state index is 4.77. The number of aromatic amines is 2. The van der Waals surface area contributed by atoms with Gasteiger partial charge in [-0.05, 0) is 77.9 Å². The summed E-state index contributed by atoms with van der Waals surface area (Å²) in [7, 11) is 0. The molecule has 4 nitrogen and oxygen atoms in total. The van der Waals surface area contributed by atoms with Gasteiger partial charge in [-0.3, -0.25) is 0 Å². The van der Waals surface area contributed by atoms with Crippen LogP contribution >= 0.6 is 0 Å². The number of H-pyrrole nitrogens is 2. The molecule has 0 aliphatic carbocycles. The predicted octanol–water partition coefficient (Wildman–Crippen LogP) is 6.97. The first-order chi connectivity index (χ1) is 15.7. The summed E-state index contributed by atoms with van der Waals surface area (Å²) in [6, 6.07) is 23.0.